The van der Waals surface area contributed by atoms with E-state index in [2.05, 4.69) is 5.10 Å². The average Bonchev–Trinajstić information content (AvgIpc) is 3.27. The molecule has 23 heavy (non-hydrogen) atoms. The number of carbonyl (C=O) groups excluding carboxylic acids is 1. The first-order valence-electron chi connectivity index (χ1n) is 7.91. The van der Waals surface area contributed by atoms with Crippen molar-refractivity contribution in [2.45, 2.75) is 32.4 Å². The van der Waals surface area contributed by atoms with Gasteiger partial charge in [-0.1, -0.05) is 6.07 Å². The van der Waals surface area contributed by atoms with Crippen LogP contribution in [0, 0.1) is 6.92 Å². The molecule has 0 radical (unpaired) electrons. The second kappa shape index (κ2) is 5.61. The molecule has 1 aromatic carbocycles. The van der Waals surface area contributed by atoms with E-state index in [4.69, 9.17) is 9.47 Å². The number of rotatable bonds is 3. The molecule has 1 fully saturated rings. The van der Waals surface area contributed by atoms with E-state index < -0.39 is 0 Å². The Morgan fingerprint density at radius 3 is 3.13 bits per heavy atom. The van der Waals surface area contributed by atoms with E-state index in [1.165, 1.54) is 0 Å². The van der Waals surface area contributed by atoms with Crippen LogP contribution in [0.3, 0.4) is 0 Å². The van der Waals surface area contributed by atoms with Crippen LogP contribution in [0.4, 0.5) is 0 Å². The normalized spacial score (nSPS) is 19.3. The Morgan fingerprint density at radius 2 is 2.30 bits per heavy atom. The summed E-state index contributed by atoms with van der Waals surface area (Å²) in [5.74, 6) is 1.23. The molecule has 4 rings (SSSR count). The lowest BCUT2D eigenvalue weighted by Crippen LogP contribution is -2.38. The number of para-hydroxylation sites is 1. The predicted octanol–water partition coefficient (Wildman–Crippen LogP) is 2.23. The molecule has 1 atom stereocenters. The topological polar surface area (TPSA) is 56.6 Å². The van der Waals surface area contributed by atoms with Crippen molar-refractivity contribution < 1.29 is 14.3 Å². The molecule has 6 nitrogen and oxygen atoms in total. The van der Waals surface area contributed by atoms with E-state index in [1.807, 2.05) is 47.1 Å². The molecule has 0 N–H and O–H groups in total. The van der Waals surface area contributed by atoms with Crippen molar-refractivity contribution in [1.29, 1.82) is 0 Å². The monoisotopic (exact) mass is 313 g/mol. The summed E-state index contributed by atoms with van der Waals surface area (Å²) in [4.78, 5) is 14.9. The van der Waals surface area contributed by atoms with Gasteiger partial charge in [-0.15, -0.1) is 0 Å². The molecule has 1 aromatic heterocycles. The van der Waals surface area contributed by atoms with E-state index in [0.29, 0.717) is 17.1 Å². The van der Waals surface area contributed by atoms with Crippen LogP contribution in [0.15, 0.2) is 30.6 Å². The van der Waals surface area contributed by atoms with Gasteiger partial charge in [0, 0.05) is 12.7 Å². The minimum atomic E-state index is 0.0127. The molecular weight excluding hydrogens is 294 g/mol. The van der Waals surface area contributed by atoms with Gasteiger partial charge in [-0.3, -0.25) is 9.48 Å². The Hall–Kier alpha value is -2.50. The maximum Gasteiger partial charge on any atom is 0.258 e. The first-order chi connectivity index (χ1) is 11.2. The summed E-state index contributed by atoms with van der Waals surface area (Å²) in [5, 5.41) is 4.34. The molecule has 0 spiro atoms. The number of nitrogens with zero attached hydrogens (tertiary/aromatic N) is 3. The van der Waals surface area contributed by atoms with E-state index in [1.54, 1.807) is 0 Å². The van der Waals surface area contributed by atoms with Gasteiger partial charge in [0.1, 0.15) is 0 Å². The molecule has 2 aromatic rings. The Morgan fingerprint density at radius 1 is 1.39 bits per heavy atom. The number of amides is 1. The summed E-state index contributed by atoms with van der Waals surface area (Å²) in [7, 11) is 0. The van der Waals surface area contributed by atoms with Crippen LogP contribution in [0.5, 0.6) is 11.5 Å². The molecule has 0 unspecified atom stereocenters. The summed E-state index contributed by atoms with van der Waals surface area (Å²) in [6, 6.07) is 5.64. The largest absolute Gasteiger partial charge is 0.454 e. The fourth-order valence-electron chi connectivity index (χ4n) is 3.33. The van der Waals surface area contributed by atoms with Crippen molar-refractivity contribution in [1.82, 2.24) is 14.7 Å². The Labute approximate surface area is 134 Å². The van der Waals surface area contributed by atoms with Gasteiger partial charge in [0.25, 0.3) is 5.91 Å². The molecule has 0 saturated carbocycles. The zero-order chi connectivity index (χ0) is 15.8. The molecule has 0 aliphatic carbocycles. The van der Waals surface area contributed by atoms with Crippen molar-refractivity contribution in [2.24, 2.45) is 0 Å². The van der Waals surface area contributed by atoms with Gasteiger partial charge >= 0.3 is 0 Å². The van der Waals surface area contributed by atoms with Crippen LogP contribution >= 0.6 is 0 Å². The minimum absolute atomic E-state index is 0.0127. The number of likely N-dealkylation sites (tertiary alicyclic amines) is 1. The predicted molar refractivity (Wildman–Crippen MR) is 83.6 cm³/mol. The third-order valence-electron chi connectivity index (χ3n) is 4.43. The SMILES string of the molecule is Cc1cnn(C[C@H]2CCCN2C(=O)c2cccc3c2OCO3)c1. The molecule has 3 heterocycles. The highest BCUT2D eigenvalue weighted by atomic mass is 16.7. The summed E-state index contributed by atoms with van der Waals surface area (Å²) in [6.07, 6.45) is 5.87. The number of benzene rings is 1. The first kappa shape index (κ1) is 14.1. The van der Waals surface area contributed by atoms with Crippen LogP contribution in [0.2, 0.25) is 0 Å². The lowest BCUT2D eigenvalue weighted by molar-refractivity contribution is 0.0717. The number of ether oxygens (including phenoxy) is 2. The lowest BCUT2D eigenvalue weighted by atomic mass is 10.1. The van der Waals surface area contributed by atoms with E-state index in [-0.39, 0.29) is 18.7 Å². The Kier molecular flexibility index (Phi) is 3.44. The van der Waals surface area contributed by atoms with Gasteiger partial charge in [-0.2, -0.15) is 5.10 Å². The van der Waals surface area contributed by atoms with Crippen LogP contribution in [0.25, 0.3) is 0 Å². The number of aromatic nitrogens is 2. The minimum Gasteiger partial charge on any atom is -0.454 e. The molecule has 120 valence electrons. The molecule has 1 amide bonds. The summed E-state index contributed by atoms with van der Waals surface area (Å²) >= 11 is 0. The third kappa shape index (κ3) is 2.54. The fourth-order valence-corrected chi connectivity index (χ4v) is 3.33. The van der Waals surface area contributed by atoms with Gasteiger partial charge in [0.15, 0.2) is 11.5 Å². The quantitative estimate of drug-likeness (QED) is 0.872. The molecule has 6 heteroatoms. The number of aryl methyl sites for hydroxylation is 1. The number of fused-ring (bicyclic) bond motifs is 1. The van der Waals surface area contributed by atoms with Crippen LogP contribution < -0.4 is 9.47 Å². The molecule has 2 aliphatic heterocycles. The standard InChI is InChI=1S/C17H19N3O3/c1-12-8-18-19(9-12)10-13-4-3-7-20(13)17(21)14-5-2-6-15-16(14)23-11-22-15/h2,5-6,8-9,13H,3-4,7,10-11H2,1H3/t13-/m1/s1. The fraction of sp³-hybridized carbons (Fsp3) is 0.412. The smallest absolute Gasteiger partial charge is 0.258 e. The number of hydrogen-bond donors (Lipinski definition) is 0. The molecule has 2 aliphatic rings. The lowest BCUT2D eigenvalue weighted by Gasteiger charge is -2.25. The van der Waals surface area contributed by atoms with Crippen molar-refractivity contribution in [3.8, 4) is 11.5 Å². The second-order valence-electron chi connectivity index (χ2n) is 6.07. The second-order valence-corrected chi connectivity index (χ2v) is 6.07. The zero-order valence-electron chi connectivity index (χ0n) is 13.1. The van der Waals surface area contributed by atoms with Crippen molar-refractivity contribution in [2.75, 3.05) is 13.3 Å². The maximum absolute atomic E-state index is 13.0. The van der Waals surface area contributed by atoms with Crippen molar-refractivity contribution >= 4 is 5.91 Å². The van der Waals surface area contributed by atoms with E-state index >= 15 is 0 Å². The zero-order valence-corrected chi connectivity index (χ0v) is 13.1. The van der Waals surface area contributed by atoms with E-state index in [9.17, 15) is 4.79 Å². The first-order valence-corrected chi connectivity index (χ1v) is 7.91. The highest BCUT2D eigenvalue weighted by Gasteiger charge is 2.33. The Balaban J connectivity index is 1.57. The summed E-state index contributed by atoms with van der Waals surface area (Å²) in [5.41, 5.74) is 1.72. The van der Waals surface area contributed by atoms with Crippen molar-refractivity contribution in [3.05, 3.63) is 41.7 Å². The van der Waals surface area contributed by atoms with Crippen LogP contribution in [-0.2, 0) is 6.54 Å². The van der Waals surface area contributed by atoms with Crippen LogP contribution in [-0.4, -0.2) is 40.0 Å². The molecular formula is C17H19N3O3. The van der Waals surface area contributed by atoms with Crippen molar-refractivity contribution in [3.63, 3.8) is 0 Å². The highest BCUT2D eigenvalue weighted by molar-refractivity contribution is 5.98. The van der Waals surface area contributed by atoms with Crippen LogP contribution in [0.1, 0.15) is 28.8 Å². The van der Waals surface area contributed by atoms with Gasteiger partial charge in [-0.05, 0) is 37.5 Å². The summed E-state index contributed by atoms with van der Waals surface area (Å²) < 4.78 is 12.8. The average molecular weight is 313 g/mol. The maximum atomic E-state index is 13.0. The third-order valence-corrected chi connectivity index (χ3v) is 4.43. The van der Waals surface area contributed by atoms with Gasteiger partial charge in [-0.25, -0.2) is 0 Å². The molecule has 0 bridgehead atoms. The van der Waals surface area contributed by atoms with Gasteiger partial charge in [0.05, 0.1) is 24.3 Å². The van der Waals surface area contributed by atoms with E-state index in [0.717, 1.165) is 31.5 Å². The summed E-state index contributed by atoms with van der Waals surface area (Å²) in [6.45, 7) is 3.70. The molecule has 1 saturated heterocycles. The van der Waals surface area contributed by atoms with Gasteiger partial charge in [0.2, 0.25) is 6.79 Å². The Bertz CT molecular complexity index is 740. The van der Waals surface area contributed by atoms with Gasteiger partial charge < -0.3 is 14.4 Å². The highest BCUT2D eigenvalue weighted by Crippen LogP contribution is 2.36. The number of hydrogen-bond acceptors (Lipinski definition) is 4. The number of carbonyl (C=O) groups is 1.